The summed E-state index contributed by atoms with van der Waals surface area (Å²) in [7, 11) is 0. The van der Waals surface area contributed by atoms with Crippen LogP contribution in [-0.4, -0.2) is 52.3 Å². The lowest BCUT2D eigenvalue weighted by atomic mass is 10.1. The van der Waals surface area contributed by atoms with Crippen LogP contribution in [0.4, 0.5) is 0 Å². The number of aliphatic carboxylic acids is 1. The smallest absolute Gasteiger partial charge is 0.337 e. The van der Waals surface area contributed by atoms with Crippen molar-refractivity contribution in [1.29, 1.82) is 0 Å². The van der Waals surface area contributed by atoms with Gasteiger partial charge in [0.15, 0.2) is 12.2 Å². The summed E-state index contributed by atoms with van der Waals surface area (Å²) in [6.07, 6.45) is 1.25. The fourth-order valence-corrected chi connectivity index (χ4v) is 4.84. The summed E-state index contributed by atoms with van der Waals surface area (Å²) in [5, 5.41) is 20.6. The first kappa shape index (κ1) is 19.0. The van der Waals surface area contributed by atoms with Crippen molar-refractivity contribution in [1.82, 2.24) is 5.32 Å². The predicted octanol–water partition coefficient (Wildman–Crippen LogP) is 1.89. The molecule has 0 saturated carbocycles. The number of carboxylic acids is 1. The molecule has 8 heteroatoms. The molecule has 1 heterocycles. The van der Waals surface area contributed by atoms with Crippen LogP contribution in [0.25, 0.3) is 0 Å². The molecule has 0 bridgehead atoms. The Morgan fingerprint density at radius 1 is 1.29 bits per heavy atom. The number of aliphatic hydroxyl groups is 1. The normalized spacial score (nSPS) is 17.8. The lowest BCUT2D eigenvalue weighted by Crippen LogP contribution is -2.47. The summed E-state index contributed by atoms with van der Waals surface area (Å²) in [5.74, 6) is 1.05. The van der Waals surface area contributed by atoms with Crippen molar-refractivity contribution < 1.29 is 24.5 Å². The third-order valence-electron chi connectivity index (χ3n) is 3.44. The monoisotopic (exact) mass is 371 g/mol. The highest BCUT2D eigenvalue weighted by molar-refractivity contribution is 8.16. The van der Waals surface area contributed by atoms with Crippen molar-refractivity contribution in [2.24, 2.45) is 0 Å². The fraction of sp³-hybridized carbons (Fsp3) is 0.500. The Hall–Kier alpha value is -1.38. The molecule has 0 spiro atoms. The highest BCUT2D eigenvalue weighted by Gasteiger charge is 2.30. The summed E-state index contributed by atoms with van der Waals surface area (Å²) in [5.41, 5.74) is -0.758. The van der Waals surface area contributed by atoms with Crippen LogP contribution < -0.4 is 10.1 Å². The van der Waals surface area contributed by atoms with E-state index in [1.165, 1.54) is 23.5 Å². The highest BCUT2D eigenvalue weighted by Crippen LogP contribution is 2.43. The molecule has 24 heavy (non-hydrogen) atoms. The number of hydrogen-bond acceptors (Lipinski definition) is 6. The number of carboxylic acid groups (broad SMARTS) is 1. The lowest BCUT2D eigenvalue weighted by molar-refractivity contribution is -0.156. The Morgan fingerprint density at radius 3 is 2.50 bits per heavy atom. The molecule has 0 aliphatic carbocycles. The van der Waals surface area contributed by atoms with Crippen molar-refractivity contribution in [2.75, 3.05) is 24.7 Å². The van der Waals surface area contributed by atoms with Gasteiger partial charge in [0.25, 0.3) is 5.91 Å². The van der Waals surface area contributed by atoms with Crippen LogP contribution >= 0.6 is 23.5 Å². The minimum absolute atomic E-state index is 0.234. The molecule has 1 aliphatic rings. The second-order valence-electron chi connectivity index (χ2n) is 5.64. The van der Waals surface area contributed by atoms with E-state index in [4.69, 9.17) is 9.84 Å². The number of rotatable bonds is 7. The van der Waals surface area contributed by atoms with Gasteiger partial charge >= 0.3 is 5.97 Å². The van der Waals surface area contributed by atoms with Gasteiger partial charge in [-0.15, -0.1) is 23.5 Å². The standard InChI is InChI=1S/C16H21NO5S2/c1-16(21,15(19)20)10-17-13(18)9-22-12-5-3-11(4-6-12)14-23-7-2-8-24-14/h3-6,14,21H,2,7-10H2,1H3,(H,17,18)(H,19,20). The molecule has 1 amide bonds. The average Bonchev–Trinajstić information content (AvgIpc) is 2.59. The number of nitrogens with one attached hydrogen (secondary N) is 1. The summed E-state index contributed by atoms with van der Waals surface area (Å²) < 4.78 is 5.83. The third kappa shape index (κ3) is 5.61. The summed E-state index contributed by atoms with van der Waals surface area (Å²) in [4.78, 5) is 22.4. The number of amides is 1. The van der Waals surface area contributed by atoms with E-state index in [9.17, 15) is 14.7 Å². The quantitative estimate of drug-likeness (QED) is 0.673. The highest BCUT2D eigenvalue weighted by atomic mass is 32.2. The molecule has 1 fully saturated rings. The first-order valence-corrected chi connectivity index (χ1v) is 9.67. The van der Waals surface area contributed by atoms with Crippen molar-refractivity contribution in [3.63, 3.8) is 0 Å². The molecule has 1 saturated heterocycles. The van der Waals surface area contributed by atoms with Crippen molar-refractivity contribution in [3.05, 3.63) is 29.8 Å². The number of thioether (sulfide) groups is 2. The summed E-state index contributed by atoms with van der Waals surface area (Å²) in [6.45, 7) is 0.512. The van der Waals surface area contributed by atoms with Crippen LogP contribution in [0.2, 0.25) is 0 Å². The van der Waals surface area contributed by atoms with Gasteiger partial charge in [-0.05, 0) is 42.5 Å². The average molecular weight is 371 g/mol. The van der Waals surface area contributed by atoms with Gasteiger partial charge in [-0.2, -0.15) is 0 Å². The van der Waals surface area contributed by atoms with Crippen LogP contribution in [0, 0.1) is 0 Å². The van der Waals surface area contributed by atoms with Crippen molar-refractivity contribution >= 4 is 35.4 Å². The second-order valence-corrected chi connectivity index (χ2v) is 8.36. The molecule has 1 atom stereocenters. The Labute approximate surface area is 149 Å². The minimum atomic E-state index is -1.99. The van der Waals surface area contributed by atoms with Gasteiger partial charge in [-0.1, -0.05) is 12.1 Å². The Kier molecular flexibility index (Phi) is 6.82. The molecule has 1 aromatic rings. The van der Waals surface area contributed by atoms with Gasteiger partial charge in [0, 0.05) is 0 Å². The zero-order chi connectivity index (χ0) is 17.6. The predicted molar refractivity (Wildman–Crippen MR) is 95.5 cm³/mol. The Morgan fingerprint density at radius 2 is 1.92 bits per heavy atom. The Bertz CT molecular complexity index is 570. The van der Waals surface area contributed by atoms with Crippen LogP contribution in [0.5, 0.6) is 5.75 Å². The molecule has 1 aromatic carbocycles. The molecule has 2 rings (SSSR count). The molecule has 132 valence electrons. The fourth-order valence-electron chi connectivity index (χ4n) is 1.95. The van der Waals surface area contributed by atoms with E-state index >= 15 is 0 Å². The number of hydrogen-bond donors (Lipinski definition) is 3. The molecular weight excluding hydrogens is 350 g/mol. The van der Waals surface area contributed by atoms with Gasteiger partial charge in [0.2, 0.25) is 0 Å². The van der Waals surface area contributed by atoms with E-state index in [1.807, 2.05) is 47.8 Å². The van der Waals surface area contributed by atoms with Gasteiger partial charge in [-0.3, -0.25) is 4.79 Å². The molecule has 6 nitrogen and oxygen atoms in total. The molecule has 1 aliphatic heterocycles. The van der Waals surface area contributed by atoms with Crippen LogP contribution in [0.3, 0.4) is 0 Å². The number of ether oxygens (including phenoxy) is 1. The first-order valence-electron chi connectivity index (χ1n) is 7.57. The number of carbonyl (C=O) groups excluding carboxylic acids is 1. The second kappa shape index (κ2) is 8.64. The van der Waals surface area contributed by atoms with Gasteiger partial charge in [0.05, 0.1) is 11.1 Å². The van der Waals surface area contributed by atoms with Crippen LogP contribution in [0.15, 0.2) is 24.3 Å². The maximum atomic E-state index is 11.7. The lowest BCUT2D eigenvalue weighted by Gasteiger charge is -2.21. The van der Waals surface area contributed by atoms with E-state index in [0.29, 0.717) is 10.3 Å². The van der Waals surface area contributed by atoms with Gasteiger partial charge in [0.1, 0.15) is 5.75 Å². The van der Waals surface area contributed by atoms with Crippen molar-refractivity contribution in [2.45, 2.75) is 23.5 Å². The third-order valence-corrected chi connectivity index (χ3v) is 6.45. The van der Waals surface area contributed by atoms with Crippen molar-refractivity contribution in [3.8, 4) is 5.75 Å². The van der Waals surface area contributed by atoms with E-state index in [-0.39, 0.29) is 13.2 Å². The van der Waals surface area contributed by atoms with E-state index < -0.39 is 17.5 Å². The molecule has 1 unspecified atom stereocenters. The largest absolute Gasteiger partial charge is 0.484 e. The maximum Gasteiger partial charge on any atom is 0.337 e. The molecule has 0 aromatic heterocycles. The van der Waals surface area contributed by atoms with Gasteiger partial charge < -0.3 is 20.3 Å². The molecule has 0 radical (unpaired) electrons. The zero-order valence-electron chi connectivity index (χ0n) is 13.4. The zero-order valence-corrected chi connectivity index (χ0v) is 15.0. The van der Waals surface area contributed by atoms with E-state index in [1.54, 1.807) is 0 Å². The number of benzene rings is 1. The first-order chi connectivity index (χ1) is 11.4. The van der Waals surface area contributed by atoms with Crippen LogP contribution in [0.1, 0.15) is 23.5 Å². The number of carbonyl (C=O) groups is 2. The topological polar surface area (TPSA) is 95.9 Å². The van der Waals surface area contributed by atoms with E-state index in [0.717, 1.165) is 6.92 Å². The Balaban J connectivity index is 1.77. The maximum absolute atomic E-state index is 11.7. The van der Waals surface area contributed by atoms with Crippen LogP contribution in [-0.2, 0) is 9.59 Å². The minimum Gasteiger partial charge on any atom is -0.484 e. The van der Waals surface area contributed by atoms with Gasteiger partial charge in [-0.25, -0.2) is 4.79 Å². The van der Waals surface area contributed by atoms with E-state index in [2.05, 4.69) is 5.32 Å². The SMILES string of the molecule is CC(O)(CNC(=O)COc1ccc(C2SCCCS2)cc1)C(=O)O. The summed E-state index contributed by atoms with van der Waals surface area (Å²) in [6, 6.07) is 7.65. The summed E-state index contributed by atoms with van der Waals surface area (Å²) >= 11 is 3.88. The molecule has 3 N–H and O–H groups in total. The molecular formula is C16H21NO5S2.